The summed E-state index contributed by atoms with van der Waals surface area (Å²) in [5.41, 5.74) is 11.8. The van der Waals surface area contributed by atoms with Crippen LogP contribution in [0.25, 0.3) is 0 Å². The fourth-order valence-corrected chi connectivity index (χ4v) is 2.50. The van der Waals surface area contributed by atoms with E-state index in [-0.39, 0.29) is 18.5 Å². The molecule has 1 amide bonds. The van der Waals surface area contributed by atoms with Gasteiger partial charge in [-0.3, -0.25) is 9.59 Å². The predicted octanol–water partition coefficient (Wildman–Crippen LogP) is 0.748. The smallest absolute Gasteiger partial charge is 0.239 e. The second-order valence-electron chi connectivity index (χ2n) is 6.29. The highest BCUT2D eigenvalue weighted by Gasteiger charge is 2.27. The van der Waals surface area contributed by atoms with E-state index >= 15 is 0 Å². The number of nitrogens with zero attached hydrogens (tertiary/aromatic N) is 1. The minimum Gasteiger partial charge on any atom is -0.454 e. The van der Waals surface area contributed by atoms with Gasteiger partial charge in [0.05, 0.1) is 12.1 Å². The van der Waals surface area contributed by atoms with Crippen molar-refractivity contribution in [3.8, 4) is 11.5 Å². The molecule has 2 unspecified atom stereocenters. The van der Waals surface area contributed by atoms with Gasteiger partial charge in [-0.05, 0) is 44.5 Å². The van der Waals surface area contributed by atoms with Crippen molar-refractivity contribution in [1.29, 1.82) is 0 Å². The molecule has 0 aromatic heterocycles. The van der Waals surface area contributed by atoms with Crippen molar-refractivity contribution in [3.05, 3.63) is 23.8 Å². The number of ether oxygens (including phenoxy) is 4. The summed E-state index contributed by atoms with van der Waals surface area (Å²) in [6.45, 7) is 2.70. The van der Waals surface area contributed by atoms with Crippen LogP contribution in [0.5, 0.6) is 11.5 Å². The molecule has 1 aliphatic heterocycles. The summed E-state index contributed by atoms with van der Waals surface area (Å²) in [7, 11) is 4.76. The van der Waals surface area contributed by atoms with Gasteiger partial charge in [0.25, 0.3) is 0 Å². The zero-order valence-electron chi connectivity index (χ0n) is 17.0. The Kier molecular flexibility index (Phi) is 10.5. The standard InChI is InChI=1S/C16H23N3O4.C3H8O2/c1-10(19(2)16(21)12(18)4-3-7-17)15(20)11-5-6-13-14(8-11)23-9-22-13;1-4-3-5-2/h5-6,8,10,12H,3-4,7,9,17-18H2,1-2H3;3H2,1-2H3. The van der Waals surface area contributed by atoms with Gasteiger partial charge in [0.2, 0.25) is 12.7 Å². The van der Waals surface area contributed by atoms with Crippen molar-refractivity contribution in [1.82, 2.24) is 4.90 Å². The first-order valence-electron chi connectivity index (χ1n) is 9.01. The lowest BCUT2D eigenvalue weighted by molar-refractivity contribution is -0.132. The topological polar surface area (TPSA) is 126 Å². The Morgan fingerprint density at radius 3 is 2.43 bits per heavy atom. The quantitative estimate of drug-likeness (QED) is 0.462. The predicted molar refractivity (Wildman–Crippen MR) is 104 cm³/mol. The van der Waals surface area contributed by atoms with Crippen LogP contribution in [0.3, 0.4) is 0 Å². The SMILES string of the molecule is CC(C(=O)c1ccc2c(c1)OCO2)N(C)C(=O)C(N)CCCN.COCOC. The third-order valence-corrected chi connectivity index (χ3v) is 4.24. The highest BCUT2D eigenvalue weighted by Crippen LogP contribution is 2.33. The Morgan fingerprint density at radius 2 is 1.86 bits per heavy atom. The molecule has 0 radical (unpaired) electrons. The van der Waals surface area contributed by atoms with Crippen LogP contribution in [-0.2, 0) is 14.3 Å². The molecule has 0 spiro atoms. The second kappa shape index (κ2) is 12.3. The zero-order chi connectivity index (χ0) is 21.1. The second-order valence-corrected chi connectivity index (χ2v) is 6.29. The van der Waals surface area contributed by atoms with Gasteiger partial charge >= 0.3 is 0 Å². The van der Waals surface area contributed by atoms with Crippen LogP contribution < -0.4 is 20.9 Å². The van der Waals surface area contributed by atoms with Crippen LogP contribution in [-0.4, -0.2) is 70.1 Å². The van der Waals surface area contributed by atoms with Gasteiger partial charge in [0, 0.05) is 26.8 Å². The highest BCUT2D eigenvalue weighted by atomic mass is 16.7. The van der Waals surface area contributed by atoms with Gasteiger partial charge in [-0.1, -0.05) is 0 Å². The number of amides is 1. The molecule has 0 aliphatic carbocycles. The molecular weight excluding hydrogens is 366 g/mol. The molecule has 0 fully saturated rings. The summed E-state index contributed by atoms with van der Waals surface area (Å²) in [5, 5.41) is 0. The maximum absolute atomic E-state index is 12.6. The van der Waals surface area contributed by atoms with Crippen LogP contribution in [0.1, 0.15) is 30.1 Å². The van der Waals surface area contributed by atoms with Gasteiger partial charge in [0.1, 0.15) is 6.79 Å². The van der Waals surface area contributed by atoms with Crippen LogP contribution in [0.2, 0.25) is 0 Å². The number of carbonyl (C=O) groups is 2. The minimum absolute atomic E-state index is 0.150. The van der Waals surface area contributed by atoms with Gasteiger partial charge in [0.15, 0.2) is 17.3 Å². The van der Waals surface area contributed by atoms with Crippen LogP contribution in [0, 0.1) is 0 Å². The van der Waals surface area contributed by atoms with Crippen molar-refractivity contribution in [3.63, 3.8) is 0 Å². The molecule has 2 atom stereocenters. The van der Waals surface area contributed by atoms with E-state index < -0.39 is 12.1 Å². The molecule has 1 aromatic carbocycles. The Hall–Kier alpha value is -2.20. The summed E-state index contributed by atoms with van der Waals surface area (Å²) in [4.78, 5) is 26.2. The molecule has 0 saturated carbocycles. The molecule has 158 valence electrons. The lowest BCUT2D eigenvalue weighted by atomic mass is 10.0. The number of benzene rings is 1. The first-order chi connectivity index (χ1) is 13.4. The number of Topliss-reactive ketones (excluding diaryl/α,β-unsaturated/α-hetero) is 1. The highest BCUT2D eigenvalue weighted by molar-refractivity contribution is 6.02. The van der Waals surface area contributed by atoms with Crippen molar-refractivity contribution in [2.45, 2.75) is 31.8 Å². The van der Waals surface area contributed by atoms with E-state index in [2.05, 4.69) is 9.47 Å². The van der Waals surface area contributed by atoms with Crippen LogP contribution in [0.4, 0.5) is 0 Å². The minimum atomic E-state index is -0.643. The number of rotatable bonds is 9. The normalized spacial score (nSPS) is 13.9. The first kappa shape index (κ1) is 23.8. The number of carbonyl (C=O) groups excluding carboxylic acids is 2. The summed E-state index contributed by atoms with van der Waals surface area (Å²) in [6, 6.07) is 3.73. The summed E-state index contributed by atoms with van der Waals surface area (Å²) in [5.74, 6) is 0.712. The van der Waals surface area contributed by atoms with E-state index in [4.69, 9.17) is 20.9 Å². The van der Waals surface area contributed by atoms with Gasteiger partial charge in [-0.15, -0.1) is 0 Å². The number of ketones is 1. The van der Waals surface area contributed by atoms with E-state index in [1.54, 1.807) is 46.4 Å². The van der Waals surface area contributed by atoms with E-state index in [1.165, 1.54) is 4.90 Å². The number of likely N-dealkylation sites (N-methyl/N-ethyl adjacent to an activating group) is 1. The molecule has 1 aromatic rings. The van der Waals surface area contributed by atoms with E-state index in [9.17, 15) is 9.59 Å². The van der Waals surface area contributed by atoms with Crippen molar-refractivity contribution >= 4 is 11.7 Å². The number of methoxy groups -OCH3 is 2. The average molecular weight is 397 g/mol. The summed E-state index contributed by atoms with van der Waals surface area (Å²) in [6.07, 6.45) is 1.18. The van der Waals surface area contributed by atoms with Crippen molar-refractivity contribution < 1.29 is 28.5 Å². The van der Waals surface area contributed by atoms with Crippen molar-refractivity contribution in [2.75, 3.05) is 41.4 Å². The van der Waals surface area contributed by atoms with Gasteiger partial charge in [-0.25, -0.2) is 0 Å². The maximum atomic E-state index is 12.6. The Balaban J connectivity index is 0.000000696. The van der Waals surface area contributed by atoms with E-state index in [1.807, 2.05) is 0 Å². The Bertz CT molecular complexity index is 638. The van der Waals surface area contributed by atoms with Gasteiger partial charge < -0.3 is 35.3 Å². The Morgan fingerprint density at radius 1 is 1.21 bits per heavy atom. The Labute approximate surface area is 165 Å². The largest absolute Gasteiger partial charge is 0.454 e. The number of hydrogen-bond acceptors (Lipinski definition) is 8. The van der Waals surface area contributed by atoms with Crippen LogP contribution >= 0.6 is 0 Å². The molecule has 9 nitrogen and oxygen atoms in total. The maximum Gasteiger partial charge on any atom is 0.239 e. The molecule has 28 heavy (non-hydrogen) atoms. The fourth-order valence-electron chi connectivity index (χ4n) is 2.50. The van der Waals surface area contributed by atoms with Gasteiger partial charge in [-0.2, -0.15) is 0 Å². The molecule has 2 rings (SSSR count). The van der Waals surface area contributed by atoms with Crippen molar-refractivity contribution in [2.24, 2.45) is 11.5 Å². The fraction of sp³-hybridized carbons (Fsp3) is 0.579. The molecule has 1 heterocycles. The monoisotopic (exact) mass is 397 g/mol. The molecule has 0 bridgehead atoms. The zero-order valence-corrected chi connectivity index (χ0v) is 17.0. The third-order valence-electron chi connectivity index (χ3n) is 4.24. The summed E-state index contributed by atoms with van der Waals surface area (Å²) >= 11 is 0. The molecule has 1 aliphatic rings. The first-order valence-corrected chi connectivity index (χ1v) is 9.01. The molecular formula is C19H31N3O6. The molecule has 4 N–H and O–H groups in total. The lowest BCUT2D eigenvalue weighted by Gasteiger charge is -2.26. The number of hydrogen-bond donors (Lipinski definition) is 2. The molecule has 9 heteroatoms. The molecule has 0 saturated heterocycles. The average Bonchev–Trinajstić information content (AvgIpc) is 3.18. The lowest BCUT2D eigenvalue weighted by Crippen LogP contribution is -2.48. The summed E-state index contributed by atoms with van der Waals surface area (Å²) < 4.78 is 19.4. The van der Waals surface area contributed by atoms with E-state index in [0.717, 1.165) is 0 Å². The van der Waals surface area contributed by atoms with Crippen LogP contribution in [0.15, 0.2) is 18.2 Å². The van der Waals surface area contributed by atoms with E-state index in [0.29, 0.717) is 43.2 Å². The number of nitrogens with two attached hydrogens (primary N) is 2. The third kappa shape index (κ3) is 6.75. The number of fused-ring (bicyclic) bond motifs is 1.